The van der Waals surface area contributed by atoms with Gasteiger partial charge in [-0.3, -0.25) is 20.2 Å². The summed E-state index contributed by atoms with van der Waals surface area (Å²) in [5.74, 6) is 0. The largest absolute Gasteiger partial charge is 0.412 e. The number of nitrogens with zero attached hydrogens (tertiary/aromatic N) is 4. The number of nitro groups is 2. The second-order valence-electron chi connectivity index (χ2n) is 9.20. The highest BCUT2D eigenvalue weighted by Gasteiger charge is 2.20. The van der Waals surface area contributed by atoms with Gasteiger partial charge in [-0.15, -0.1) is 0 Å². The van der Waals surface area contributed by atoms with Crippen LogP contribution in [0.1, 0.15) is 0 Å². The molecule has 4 rings (SSSR count). The summed E-state index contributed by atoms with van der Waals surface area (Å²) in [4.78, 5) is 24.6. The molecule has 228 valence electrons. The molecule has 0 saturated heterocycles. The quantitative estimate of drug-likeness (QED) is 0.145. The van der Waals surface area contributed by atoms with E-state index in [0.717, 1.165) is 0 Å². The predicted octanol–water partition coefficient (Wildman–Crippen LogP) is 9.75. The monoisotopic (exact) mass is 706 g/mol. The van der Waals surface area contributed by atoms with Crippen molar-refractivity contribution in [3.8, 4) is 22.3 Å². The molecule has 0 heterocycles. The van der Waals surface area contributed by atoms with Gasteiger partial charge in [-0.1, -0.05) is 69.6 Å². The summed E-state index contributed by atoms with van der Waals surface area (Å²) in [6.45, 7) is 0. The van der Waals surface area contributed by atoms with Crippen molar-refractivity contribution >= 4 is 92.4 Å². The third-order valence-corrected chi connectivity index (χ3v) is 7.53. The predicted molar refractivity (Wildman–Crippen MR) is 179 cm³/mol. The molecule has 0 atom stereocenters. The number of benzene rings is 4. The maximum Gasteiger partial charge on any atom is 0.292 e. The maximum atomic E-state index is 11.1. The summed E-state index contributed by atoms with van der Waals surface area (Å²) in [5, 5.41) is 24.6. The molecule has 4 aromatic rings. The molecule has 0 radical (unpaired) electrons. The molecule has 0 aliphatic rings. The molecule has 0 bridgehead atoms. The summed E-state index contributed by atoms with van der Waals surface area (Å²) in [7, 11) is 6.93. The molecular weight excluding hydrogens is 685 g/mol. The summed E-state index contributed by atoms with van der Waals surface area (Å²) in [6, 6.07) is 15.8. The van der Waals surface area contributed by atoms with Crippen molar-refractivity contribution in [1.29, 1.82) is 0 Å². The Bertz CT molecular complexity index is 1510. The zero-order chi connectivity index (χ0) is 31.5. The number of rotatable bonds is 6. The van der Waals surface area contributed by atoms with E-state index in [2.05, 4.69) is 0 Å². The van der Waals surface area contributed by atoms with Gasteiger partial charge in [0, 0.05) is 61.5 Å². The lowest BCUT2D eigenvalue weighted by Gasteiger charge is -2.15. The number of hydrogen-bond donors (Lipinski definition) is 0. The first-order chi connectivity index (χ1) is 19.6. The molecule has 15 heteroatoms. The fourth-order valence-electron chi connectivity index (χ4n) is 4.02. The average Bonchev–Trinajstić information content (AvgIpc) is 2.87. The Morgan fingerprint density at radius 1 is 0.535 bits per heavy atom. The second-order valence-corrected chi connectivity index (χ2v) is 11.7. The zero-order valence-corrected chi connectivity index (χ0v) is 27.5. The third-order valence-electron chi connectivity index (χ3n) is 5.90. The van der Waals surface area contributed by atoms with Crippen LogP contribution in [0.4, 0.5) is 22.7 Å². The number of hydrogen-bond acceptors (Lipinski definition) is 6. The van der Waals surface area contributed by atoms with E-state index in [9.17, 15) is 20.2 Å². The fourth-order valence-corrected chi connectivity index (χ4v) is 6.09. The van der Waals surface area contributed by atoms with Crippen LogP contribution in [0.2, 0.25) is 30.1 Å². The van der Waals surface area contributed by atoms with Gasteiger partial charge in [0.25, 0.3) is 11.4 Å². The molecule has 0 fully saturated rings. The van der Waals surface area contributed by atoms with Crippen LogP contribution in [-0.4, -0.2) is 43.5 Å². The molecular formula is C28H24Cl6N4O5. The molecule has 2 N–H and O–H groups in total. The van der Waals surface area contributed by atoms with Crippen LogP contribution in [0, 0.1) is 20.2 Å². The Balaban J connectivity index is 0.000000293. The van der Waals surface area contributed by atoms with E-state index in [0.29, 0.717) is 63.8 Å². The highest BCUT2D eigenvalue weighted by atomic mass is 35.5. The minimum absolute atomic E-state index is 0. The summed E-state index contributed by atoms with van der Waals surface area (Å²) in [5.41, 5.74) is 3.56. The van der Waals surface area contributed by atoms with Gasteiger partial charge in [0.2, 0.25) is 0 Å². The van der Waals surface area contributed by atoms with Gasteiger partial charge in [-0.25, -0.2) is 0 Å². The van der Waals surface area contributed by atoms with Crippen molar-refractivity contribution in [3.63, 3.8) is 0 Å². The molecule has 0 amide bonds. The second kappa shape index (κ2) is 15.1. The van der Waals surface area contributed by atoms with Gasteiger partial charge < -0.3 is 15.3 Å². The van der Waals surface area contributed by atoms with Crippen molar-refractivity contribution in [2.45, 2.75) is 0 Å². The van der Waals surface area contributed by atoms with E-state index in [1.807, 2.05) is 0 Å². The van der Waals surface area contributed by atoms with Crippen LogP contribution in [0.15, 0.2) is 60.7 Å². The van der Waals surface area contributed by atoms with Gasteiger partial charge in [0.15, 0.2) is 0 Å². The Kier molecular flexibility index (Phi) is 12.7. The van der Waals surface area contributed by atoms with Crippen molar-refractivity contribution < 1.29 is 15.3 Å². The normalized spacial score (nSPS) is 10.3. The first kappa shape index (κ1) is 36.2. The Hall–Kier alpha value is -3.02. The van der Waals surface area contributed by atoms with Gasteiger partial charge in [0.1, 0.15) is 11.4 Å². The molecule has 4 aromatic carbocycles. The Morgan fingerprint density at radius 3 is 1.05 bits per heavy atom. The number of anilines is 2. The third kappa shape index (κ3) is 8.55. The van der Waals surface area contributed by atoms with Crippen LogP contribution in [0.25, 0.3) is 22.3 Å². The van der Waals surface area contributed by atoms with Crippen molar-refractivity contribution in [1.82, 2.24) is 0 Å². The van der Waals surface area contributed by atoms with Gasteiger partial charge >= 0.3 is 0 Å². The number of nitro benzene ring substituents is 2. The van der Waals surface area contributed by atoms with E-state index < -0.39 is 9.85 Å². The summed E-state index contributed by atoms with van der Waals surface area (Å²) < 4.78 is 0. The number of halogens is 6. The first-order valence-electron chi connectivity index (χ1n) is 11.8. The van der Waals surface area contributed by atoms with Gasteiger partial charge in [0.05, 0.1) is 29.9 Å². The summed E-state index contributed by atoms with van der Waals surface area (Å²) in [6.07, 6.45) is 0. The smallest absolute Gasteiger partial charge is 0.292 e. The zero-order valence-electron chi connectivity index (χ0n) is 23.0. The topological polar surface area (TPSA) is 124 Å². The Morgan fingerprint density at radius 2 is 0.814 bits per heavy atom. The molecule has 0 aromatic heterocycles. The van der Waals surface area contributed by atoms with E-state index in [1.165, 1.54) is 12.1 Å². The molecule has 0 unspecified atom stereocenters. The molecule has 0 saturated carbocycles. The lowest BCUT2D eigenvalue weighted by molar-refractivity contribution is -0.384. The molecule has 0 spiro atoms. The van der Waals surface area contributed by atoms with E-state index >= 15 is 0 Å². The van der Waals surface area contributed by atoms with E-state index in [1.54, 1.807) is 86.5 Å². The Labute approximate surface area is 277 Å². The molecule has 43 heavy (non-hydrogen) atoms. The molecule has 0 aliphatic carbocycles. The first-order valence-corrected chi connectivity index (χ1v) is 14.1. The van der Waals surface area contributed by atoms with Crippen molar-refractivity contribution in [3.05, 3.63) is 111 Å². The van der Waals surface area contributed by atoms with Crippen molar-refractivity contribution in [2.24, 2.45) is 0 Å². The summed E-state index contributed by atoms with van der Waals surface area (Å²) >= 11 is 36.5. The fraction of sp³-hybridized carbons (Fsp3) is 0.143. The van der Waals surface area contributed by atoms with Gasteiger partial charge in [-0.2, -0.15) is 0 Å². The van der Waals surface area contributed by atoms with E-state index in [-0.39, 0.29) is 16.9 Å². The highest BCUT2D eigenvalue weighted by Crippen LogP contribution is 2.41. The van der Waals surface area contributed by atoms with Crippen LogP contribution >= 0.6 is 69.6 Å². The minimum Gasteiger partial charge on any atom is -0.412 e. The molecule has 0 aliphatic heterocycles. The van der Waals surface area contributed by atoms with Crippen LogP contribution in [-0.2, 0) is 0 Å². The van der Waals surface area contributed by atoms with Crippen LogP contribution in [0.5, 0.6) is 0 Å². The SMILES string of the molecule is CN(C)c1cc(-c2c(Cl)cc(Cl)cc2Cl)ccc1[N+](=O)[O-].CN(C)c1cc(-c2c(Cl)cc(Cl)cc2Cl)ccc1[N+](=O)[O-].O. The highest BCUT2D eigenvalue weighted by molar-refractivity contribution is 6.42. The van der Waals surface area contributed by atoms with E-state index in [4.69, 9.17) is 69.6 Å². The minimum atomic E-state index is -0.426. The molecule has 9 nitrogen and oxygen atoms in total. The standard InChI is InChI=1S/2C14H11Cl3N2O2.H2O/c2*1-18(2)13-5-8(3-4-12(13)19(20)21)14-10(16)6-9(15)7-11(14)17;/h2*3-7H,1-2H3;1H2. The van der Waals surface area contributed by atoms with Crippen molar-refractivity contribution in [2.75, 3.05) is 38.0 Å². The van der Waals surface area contributed by atoms with Crippen LogP contribution < -0.4 is 9.80 Å². The lowest BCUT2D eigenvalue weighted by atomic mass is 10.0. The van der Waals surface area contributed by atoms with Gasteiger partial charge in [-0.05, 0) is 59.7 Å². The average molecular weight is 709 g/mol. The van der Waals surface area contributed by atoms with Crippen LogP contribution in [0.3, 0.4) is 0 Å². The maximum absolute atomic E-state index is 11.1. The lowest BCUT2D eigenvalue weighted by Crippen LogP contribution is -2.11.